The standard InChI is InChI=1S/C27H28F2N2O6/c1-18(30-15-25(34)20-9-12-24(33)23(14-20)31(17-32)26(35)36)13-19-7-10-22(11-8-19)37-16-27(28,29)21-5-3-2-4-6-21/h2-12,14,17-18,25,30,33-34H,13,15-16H2,1H3,(H,35,36). The molecule has 196 valence electrons. The maximum Gasteiger partial charge on any atom is 0.418 e. The van der Waals surface area contributed by atoms with Crippen LogP contribution in [0, 0.1) is 0 Å². The molecule has 0 heterocycles. The monoisotopic (exact) mass is 514 g/mol. The number of amides is 2. The van der Waals surface area contributed by atoms with Crippen molar-refractivity contribution in [1.29, 1.82) is 0 Å². The van der Waals surface area contributed by atoms with Gasteiger partial charge in [0.2, 0.25) is 6.41 Å². The van der Waals surface area contributed by atoms with E-state index in [0.717, 1.165) is 5.56 Å². The third-order valence-electron chi connectivity index (χ3n) is 5.70. The van der Waals surface area contributed by atoms with Gasteiger partial charge in [-0.25, -0.2) is 9.69 Å². The second kappa shape index (κ2) is 12.3. The molecule has 0 aliphatic heterocycles. The van der Waals surface area contributed by atoms with Crippen LogP contribution < -0.4 is 15.0 Å². The number of hydrogen-bond acceptors (Lipinski definition) is 6. The Balaban J connectivity index is 1.51. The highest BCUT2D eigenvalue weighted by Crippen LogP contribution is 2.30. The number of phenols is 1. The zero-order valence-electron chi connectivity index (χ0n) is 20.1. The Labute approximate surface area is 212 Å². The van der Waals surface area contributed by atoms with Gasteiger partial charge in [0, 0.05) is 18.2 Å². The first-order valence-corrected chi connectivity index (χ1v) is 11.5. The number of benzene rings is 3. The van der Waals surface area contributed by atoms with Gasteiger partial charge in [-0.15, -0.1) is 0 Å². The van der Waals surface area contributed by atoms with Gasteiger partial charge in [0.15, 0.2) is 6.61 Å². The molecule has 0 saturated carbocycles. The number of anilines is 1. The normalized spacial score (nSPS) is 13.0. The molecule has 0 radical (unpaired) electrons. The molecule has 0 aliphatic rings. The van der Waals surface area contributed by atoms with Gasteiger partial charge in [0.1, 0.15) is 11.5 Å². The second-order valence-corrected chi connectivity index (χ2v) is 8.54. The van der Waals surface area contributed by atoms with Gasteiger partial charge >= 0.3 is 12.0 Å². The summed E-state index contributed by atoms with van der Waals surface area (Å²) in [6.45, 7) is 1.25. The Hall–Kier alpha value is -4.02. The van der Waals surface area contributed by atoms with E-state index in [1.54, 1.807) is 42.5 Å². The highest BCUT2D eigenvalue weighted by Gasteiger charge is 2.32. The molecule has 0 bridgehead atoms. The lowest BCUT2D eigenvalue weighted by molar-refractivity contribution is -0.107. The number of alkyl halides is 2. The van der Waals surface area contributed by atoms with Crippen LogP contribution in [0.5, 0.6) is 11.5 Å². The van der Waals surface area contributed by atoms with Crippen molar-refractivity contribution in [2.24, 2.45) is 0 Å². The van der Waals surface area contributed by atoms with Crippen LogP contribution in [0.3, 0.4) is 0 Å². The molecule has 10 heteroatoms. The summed E-state index contributed by atoms with van der Waals surface area (Å²) in [6, 6.07) is 18.1. The summed E-state index contributed by atoms with van der Waals surface area (Å²) in [5, 5.41) is 32.7. The largest absolute Gasteiger partial charge is 0.506 e. The highest BCUT2D eigenvalue weighted by molar-refractivity contribution is 6.03. The molecule has 0 aliphatic carbocycles. The molecule has 37 heavy (non-hydrogen) atoms. The van der Waals surface area contributed by atoms with Crippen molar-refractivity contribution in [2.75, 3.05) is 18.1 Å². The lowest BCUT2D eigenvalue weighted by Crippen LogP contribution is -2.32. The van der Waals surface area contributed by atoms with Crippen molar-refractivity contribution < 1.29 is 38.4 Å². The van der Waals surface area contributed by atoms with E-state index >= 15 is 0 Å². The number of nitrogens with one attached hydrogen (secondary N) is 1. The number of carbonyl (C=O) groups excluding carboxylic acids is 1. The predicted molar refractivity (Wildman–Crippen MR) is 133 cm³/mol. The fraction of sp³-hybridized carbons (Fsp3) is 0.259. The van der Waals surface area contributed by atoms with Gasteiger partial charge < -0.3 is 25.4 Å². The van der Waals surface area contributed by atoms with Gasteiger partial charge in [-0.05, 0) is 48.7 Å². The topological polar surface area (TPSA) is 119 Å². The molecular formula is C27H28F2N2O6. The third kappa shape index (κ3) is 7.48. The van der Waals surface area contributed by atoms with Crippen LogP contribution in [0.15, 0.2) is 72.8 Å². The van der Waals surface area contributed by atoms with Gasteiger partial charge in [0.25, 0.3) is 0 Å². The zero-order valence-corrected chi connectivity index (χ0v) is 20.1. The Morgan fingerprint density at radius 1 is 1.11 bits per heavy atom. The zero-order chi connectivity index (χ0) is 27.0. The van der Waals surface area contributed by atoms with Gasteiger partial charge in [-0.2, -0.15) is 8.78 Å². The van der Waals surface area contributed by atoms with E-state index in [1.807, 2.05) is 6.92 Å². The van der Waals surface area contributed by atoms with Crippen molar-refractivity contribution in [3.8, 4) is 11.5 Å². The molecule has 8 nitrogen and oxygen atoms in total. The Morgan fingerprint density at radius 3 is 2.41 bits per heavy atom. The van der Waals surface area contributed by atoms with E-state index in [1.165, 1.54) is 30.3 Å². The SMILES string of the molecule is CC(Cc1ccc(OCC(F)(F)c2ccccc2)cc1)NCC(O)c1ccc(O)c(N(C=O)C(=O)O)c1. The average Bonchev–Trinajstić information content (AvgIpc) is 2.88. The first kappa shape index (κ1) is 27.6. The number of nitrogens with zero attached hydrogens (tertiary/aromatic N) is 1. The van der Waals surface area contributed by atoms with Crippen LogP contribution in [0.1, 0.15) is 29.7 Å². The number of aromatic hydroxyl groups is 1. The summed E-state index contributed by atoms with van der Waals surface area (Å²) in [6.07, 6.45) is -1.97. The number of rotatable bonds is 12. The minimum atomic E-state index is -3.11. The fourth-order valence-electron chi connectivity index (χ4n) is 3.66. The lowest BCUT2D eigenvalue weighted by Gasteiger charge is -2.20. The molecule has 0 aromatic heterocycles. The van der Waals surface area contributed by atoms with E-state index in [-0.39, 0.29) is 30.2 Å². The molecule has 3 aromatic carbocycles. The van der Waals surface area contributed by atoms with Crippen molar-refractivity contribution in [1.82, 2.24) is 5.32 Å². The number of ether oxygens (including phenoxy) is 1. The molecular weight excluding hydrogens is 486 g/mol. The van der Waals surface area contributed by atoms with E-state index in [2.05, 4.69) is 5.32 Å². The first-order chi connectivity index (χ1) is 17.6. The minimum absolute atomic E-state index is 0.0546. The Bertz CT molecular complexity index is 1190. The number of imide groups is 1. The van der Waals surface area contributed by atoms with Crippen LogP contribution >= 0.6 is 0 Å². The summed E-state index contributed by atoms with van der Waals surface area (Å²) < 4.78 is 33.9. The van der Waals surface area contributed by atoms with Crippen LogP contribution in [-0.2, 0) is 17.1 Å². The molecule has 2 amide bonds. The van der Waals surface area contributed by atoms with E-state index < -0.39 is 30.5 Å². The third-order valence-corrected chi connectivity index (χ3v) is 5.70. The van der Waals surface area contributed by atoms with Crippen molar-refractivity contribution in [2.45, 2.75) is 31.4 Å². The number of carboxylic acid groups (broad SMARTS) is 1. The summed E-state index contributed by atoms with van der Waals surface area (Å²) in [4.78, 5) is 22.5. The average molecular weight is 515 g/mol. The molecule has 0 fully saturated rings. The Kier molecular flexibility index (Phi) is 9.15. The second-order valence-electron chi connectivity index (χ2n) is 8.54. The number of aliphatic hydroxyl groups excluding tert-OH is 1. The first-order valence-electron chi connectivity index (χ1n) is 11.5. The van der Waals surface area contributed by atoms with Gasteiger partial charge in [0.05, 0.1) is 11.8 Å². The Morgan fingerprint density at radius 2 is 1.78 bits per heavy atom. The maximum atomic E-state index is 14.3. The van der Waals surface area contributed by atoms with Crippen LogP contribution in [0.2, 0.25) is 0 Å². The van der Waals surface area contributed by atoms with E-state index in [0.29, 0.717) is 22.6 Å². The van der Waals surface area contributed by atoms with E-state index in [9.17, 15) is 28.6 Å². The summed E-state index contributed by atoms with van der Waals surface area (Å²) in [5.41, 5.74) is 0.872. The highest BCUT2D eigenvalue weighted by atomic mass is 19.3. The number of aliphatic hydroxyl groups is 1. The lowest BCUT2D eigenvalue weighted by atomic mass is 10.0. The minimum Gasteiger partial charge on any atom is -0.506 e. The molecule has 3 rings (SSSR count). The maximum absolute atomic E-state index is 14.3. The number of halogens is 2. The molecule has 3 aromatic rings. The van der Waals surface area contributed by atoms with E-state index in [4.69, 9.17) is 9.84 Å². The van der Waals surface area contributed by atoms with Crippen molar-refractivity contribution >= 4 is 18.2 Å². The number of carbonyl (C=O) groups is 2. The molecule has 4 N–H and O–H groups in total. The smallest absolute Gasteiger partial charge is 0.418 e. The number of phenolic OH excluding ortho intramolecular Hbond substituents is 1. The van der Waals surface area contributed by atoms with Crippen molar-refractivity contribution in [3.63, 3.8) is 0 Å². The van der Waals surface area contributed by atoms with Crippen LogP contribution in [-0.4, -0.2) is 47.0 Å². The summed E-state index contributed by atoms with van der Waals surface area (Å²) >= 11 is 0. The molecule has 2 atom stereocenters. The quantitative estimate of drug-likeness (QED) is 0.264. The predicted octanol–water partition coefficient (Wildman–Crippen LogP) is 4.46. The fourth-order valence-corrected chi connectivity index (χ4v) is 3.66. The number of hydrogen-bond donors (Lipinski definition) is 4. The van der Waals surface area contributed by atoms with Crippen LogP contribution in [0.4, 0.5) is 19.3 Å². The van der Waals surface area contributed by atoms with Gasteiger partial charge in [-0.3, -0.25) is 4.79 Å². The van der Waals surface area contributed by atoms with Crippen molar-refractivity contribution in [3.05, 3.63) is 89.5 Å². The molecule has 0 saturated heterocycles. The van der Waals surface area contributed by atoms with Gasteiger partial charge in [-0.1, -0.05) is 48.5 Å². The summed E-state index contributed by atoms with van der Waals surface area (Å²) in [5.74, 6) is -3.20. The molecule has 0 spiro atoms. The molecule has 2 unspecified atom stereocenters. The van der Waals surface area contributed by atoms with Crippen LogP contribution in [0.25, 0.3) is 0 Å². The summed E-state index contributed by atoms with van der Waals surface area (Å²) in [7, 11) is 0.